The lowest BCUT2D eigenvalue weighted by Gasteiger charge is -2.47. The van der Waals surface area contributed by atoms with Crippen molar-refractivity contribution < 1.29 is 23.8 Å². The van der Waals surface area contributed by atoms with E-state index in [4.69, 9.17) is 14.2 Å². The molecule has 2 aromatic carbocycles. The van der Waals surface area contributed by atoms with Crippen LogP contribution in [0.25, 0.3) is 0 Å². The molecule has 0 aliphatic carbocycles. The van der Waals surface area contributed by atoms with E-state index in [9.17, 15) is 9.59 Å². The van der Waals surface area contributed by atoms with Crippen LogP contribution < -0.4 is 9.47 Å². The first-order valence-corrected chi connectivity index (χ1v) is 11.1. The summed E-state index contributed by atoms with van der Waals surface area (Å²) < 4.78 is 16.8. The number of piperidine rings is 2. The van der Waals surface area contributed by atoms with Gasteiger partial charge in [0.25, 0.3) is 0 Å². The molecule has 2 atom stereocenters. The summed E-state index contributed by atoms with van der Waals surface area (Å²) in [5.41, 5.74) is 1.64. The average molecular weight is 421 g/mol. The third kappa shape index (κ3) is 4.11. The number of carbonyl (C=O) groups excluding carboxylic acids is 2. The van der Waals surface area contributed by atoms with Crippen LogP contribution in [0.3, 0.4) is 0 Å². The van der Waals surface area contributed by atoms with Gasteiger partial charge in [0, 0.05) is 23.6 Å². The van der Waals surface area contributed by atoms with Gasteiger partial charge < -0.3 is 19.1 Å². The van der Waals surface area contributed by atoms with E-state index in [0.29, 0.717) is 43.1 Å². The first kappa shape index (κ1) is 19.9. The molecule has 0 saturated carbocycles. The summed E-state index contributed by atoms with van der Waals surface area (Å²) >= 11 is 0. The quantitative estimate of drug-likeness (QED) is 0.675. The standard InChI is InChI=1S/C25H27NO5/c27-24(18-9-10-22-23(15-18)30-12-11-29-22)19-13-20-7-4-8-21(14-19)26(20)25(28)31-16-17-5-2-1-3-6-17/h1-3,5-6,9-10,15,19-21H,4,7-8,11-14,16H2. The summed E-state index contributed by atoms with van der Waals surface area (Å²) in [7, 11) is 0. The molecule has 0 spiro atoms. The highest BCUT2D eigenvalue weighted by Crippen LogP contribution is 2.40. The molecule has 3 aliphatic heterocycles. The molecule has 162 valence electrons. The second-order valence-electron chi connectivity index (χ2n) is 8.58. The number of ketones is 1. The van der Waals surface area contributed by atoms with Crippen LogP contribution in [0.5, 0.6) is 11.5 Å². The van der Waals surface area contributed by atoms with Gasteiger partial charge in [-0.15, -0.1) is 0 Å². The zero-order chi connectivity index (χ0) is 21.2. The van der Waals surface area contributed by atoms with E-state index in [1.165, 1.54) is 0 Å². The van der Waals surface area contributed by atoms with Gasteiger partial charge in [-0.2, -0.15) is 0 Å². The highest BCUT2D eigenvalue weighted by molar-refractivity contribution is 5.98. The lowest BCUT2D eigenvalue weighted by Crippen LogP contribution is -2.55. The van der Waals surface area contributed by atoms with Crippen molar-refractivity contribution in [2.24, 2.45) is 5.92 Å². The molecule has 0 radical (unpaired) electrons. The number of ether oxygens (including phenoxy) is 3. The maximum absolute atomic E-state index is 13.3. The highest BCUT2D eigenvalue weighted by Gasteiger charge is 2.43. The van der Waals surface area contributed by atoms with Gasteiger partial charge in [0.05, 0.1) is 0 Å². The SMILES string of the molecule is O=C(c1ccc2c(c1)OCCO2)C1CC2CCCC(C1)N2C(=O)OCc1ccccc1. The summed E-state index contributed by atoms with van der Waals surface area (Å²) in [6, 6.07) is 15.3. The smallest absolute Gasteiger partial charge is 0.410 e. The van der Waals surface area contributed by atoms with E-state index < -0.39 is 0 Å². The summed E-state index contributed by atoms with van der Waals surface area (Å²) in [5.74, 6) is 1.37. The Labute approximate surface area is 182 Å². The average Bonchev–Trinajstić information content (AvgIpc) is 2.81. The molecule has 6 heteroatoms. The molecule has 2 bridgehead atoms. The van der Waals surface area contributed by atoms with Gasteiger partial charge in [-0.3, -0.25) is 4.79 Å². The Morgan fingerprint density at radius 3 is 2.39 bits per heavy atom. The molecule has 3 aliphatic rings. The number of amides is 1. The minimum absolute atomic E-state index is 0.0573. The fraction of sp³-hybridized carbons (Fsp3) is 0.440. The molecule has 0 N–H and O–H groups in total. The van der Waals surface area contributed by atoms with Crippen LogP contribution in [0, 0.1) is 5.92 Å². The Hall–Kier alpha value is -3.02. The Bertz CT molecular complexity index is 946. The van der Waals surface area contributed by atoms with Gasteiger partial charge in [-0.1, -0.05) is 30.3 Å². The van der Waals surface area contributed by atoms with Crippen molar-refractivity contribution in [3.63, 3.8) is 0 Å². The Balaban J connectivity index is 1.26. The molecule has 3 heterocycles. The zero-order valence-corrected chi connectivity index (χ0v) is 17.5. The van der Waals surface area contributed by atoms with Gasteiger partial charge in [0.15, 0.2) is 17.3 Å². The fourth-order valence-corrected chi connectivity index (χ4v) is 5.12. The Kier molecular flexibility index (Phi) is 5.53. The molecule has 2 unspecified atom stereocenters. The lowest BCUT2D eigenvalue weighted by atomic mass is 9.76. The van der Waals surface area contributed by atoms with E-state index in [1.807, 2.05) is 47.4 Å². The minimum atomic E-state index is -0.260. The number of rotatable bonds is 4. The first-order chi connectivity index (χ1) is 15.2. The molecule has 2 fully saturated rings. The van der Waals surface area contributed by atoms with Crippen molar-refractivity contribution >= 4 is 11.9 Å². The van der Waals surface area contributed by atoms with Crippen molar-refractivity contribution in [1.29, 1.82) is 0 Å². The van der Waals surface area contributed by atoms with Gasteiger partial charge in [0.2, 0.25) is 0 Å². The largest absolute Gasteiger partial charge is 0.486 e. The molecule has 0 aromatic heterocycles. The van der Waals surface area contributed by atoms with Crippen molar-refractivity contribution in [1.82, 2.24) is 4.90 Å². The Morgan fingerprint density at radius 2 is 1.65 bits per heavy atom. The normalized spacial score (nSPS) is 24.4. The van der Waals surface area contributed by atoms with Crippen molar-refractivity contribution in [3.8, 4) is 11.5 Å². The number of benzene rings is 2. The topological polar surface area (TPSA) is 65.1 Å². The number of nitrogens with zero attached hydrogens (tertiary/aromatic N) is 1. The van der Waals surface area contributed by atoms with Gasteiger partial charge >= 0.3 is 6.09 Å². The van der Waals surface area contributed by atoms with Crippen LogP contribution in [-0.4, -0.2) is 42.1 Å². The molecule has 2 saturated heterocycles. The molecule has 2 aromatic rings. The maximum Gasteiger partial charge on any atom is 0.410 e. The van der Waals surface area contributed by atoms with E-state index in [-0.39, 0.29) is 36.5 Å². The third-order valence-electron chi connectivity index (χ3n) is 6.59. The van der Waals surface area contributed by atoms with E-state index in [0.717, 1.165) is 24.8 Å². The molecule has 5 rings (SSSR count). The monoisotopic (exact) mass is 421 g/mol. The van der Waals surface area contributed by atoms with Crippen LogP contribution in [0.15, 0.2) is 48.5 Å². The number of Topliss-reactive ketones (excluding diaryl/α,β-unsaturated/α-hetero) is 1. The molecular weight excluding hydrogens is 394 g/mol. The van der Waals surface area contributed by atoms with Crippen LogP contribution >= 0.6 is 0 Å². The number of hydrogen-bond donors (Lipinski definition) is 0. The van der Waals surface area contributed by atoms with Crippen LogP contribution in [0.2, 0.25) is 0 Å². The second-order valence-corrected chi connectivity index (χ2v) is 8.58. The number of carbonyl (C=O) groups is 2. The van der Waals surface area contributed by atoms with E-state index in [2.05, 4.69) is 0 Å². The predicted octanol–water partition coefficient (Wildman–Crippen LogP) is 4.61. The van der Waals surface area contributed by atoms with Crippen LogP contribution in [0.4, 0.5) is 4.79 Å². The lowest BCUT2D eigenvalue weighted by molar-refractivity contribution is 0.00472. The fourth-order valence-electron chi connectivity index (χ4n) is 5.12. The maximum atomic E-state index is 13.3. The number of hydrogen-bond acceptors (Lipinski definition) is 5. The number of fused-ring (bicyclic) bond motifs is 3. The van der Waals surface area contributed by atoms with E-state index in [1.54, 1.807) is 6.07 Å². The molecular formula is C25H27NO5. The predicted molar refractivity (Wildman–Crippen MR) is 114 cm³/mol. The van der Waals surface area contributed by atoms with Crippen molar-refractivity contribution in [3.05, 3.63) is 59.7 Å². The van der Waals surface area contributed by atoms with Crippen LogP contribution in [0.1, 0.15) is 48.0 Å². The Morgan fingerprint density at radius 1 is 0.935 bits per heavy atom. The first-order valence-electron chi connectivity index (χ1n) is 11.1. The summed E-state index contributed by atoms with van der Waals surface area (Å²) in [4.78, 5) is 28.1. The highest BCUT2D eigenvalue weighted by atomic mass is 16.6. The third-order valence-corrected chi connectivity index (χ3v) is 6.59. The van der Waals surface area contributed by atoms with Crippen LogP contribution in [-0.2, 0) is 11.3 Å². The zero-order valence-electron chi connectivity index (χ0n) is 17.5. The van der Waals surface area contributed by atoms with E-state index >= 15 is 0 Å². The molecule has 6 nitrogen and oxygen atoms in total. The minimum Gasteiger partial charge on any atom is -0.486 e. The summed E-state index contributed by atoms with van der Waals surface area (Å²) in [6.45, 7) is 1.30. The molecule has 1 amide bonds. The van der Waals surface area contributed by atoms with Crippen molar-refractivity contribution in [2.75, 3.05) is 13.2 Å². The van der Waals surface area contributed by atoms with Crippen molar-refractivity contribution in [2.45, 2.75) is 50.8 Å². The second kappa shape index (κ2) is 8.61. The van der Waals surface area contributed by atoms with Gasteiger partial charge in [-0.25, -0.2) is 4.79 Å². The van der Waals surface area contributed by atoms with Gasteiger partial charge in [0.1, 0.15) is 19.8 Å². The molecule has 31 heavy (non-hydrogen) atoms. The van der Waals surface area contributed by atoms with Gasteiger partial charge in [-0.05, 0) is 55.9 Å². The summed E-state index contributed by atoms with van der Waals surface area (Å²) in [6.07, 6.45) is 4.03. The summed E-state index contributed by atoms with van der Waals surface area (Å²) in [5, 5.41) is 0.